The number of aromatic nitrogens is 1. The molecule has 0 aliphatic carbocycles. The molecular weight excluding hydrogens is 318 g/mol. The van der Waals surface area contributed by atoms with Crippen molar-refractivity contribution >= 4 is 22.1 Å². The maximum Gasteiger partial charge on any atom is 0.278 e. The number of nitrogens with one attached hydrogen (secondary N) is 1. The van der Waals surface area contributed by atoms with Crippen molar-refractivity contribution in [2.45, 2.75) is 19.4 Å². The highest BCUT2D eigenvalue weighted by Gasteiger charge is 2.16. The molecule has 1 atom stereocenters. The zero-order valence-corrected chi connectivity index (χ0v) is 14.1. The van der Waals surface area contributed by atoms with Crippen LogP contribution in [0.3, 0.4) is 0 Å². The van der Waals surface area contributed by atoms with Gasteiger partial charge < -0.3 is 10.1 Å². The van der Waals surface area contributed by atoms with Gasteiger partial charge in [-0.3, -0.25) is 15.1 Å². The zero-order chi connectivity index (χ0) is 17.8. The molecule has 0 bridgehead atoms. The fourth-order valence-corrected chi connectivity index (χ4v) is 2.91. The van der Waals surface area contributed by atoms with E-state index in [1.165, 1.54) is 12.3 Å². The molecule has 128 valence electrons. The Morgan fingerprint density at radius 1 is 1.16 bits per heavy atom. The van der Waals surface area contributed by atoms with Crippen LogP contribution in [0.4, 0.5) is 11.4 Å². The lowest BCUT2D eigenvalue weighted by Crippen LogP contribution is -2.10. The zero-order valence-electron chi connectivity index (χ0n) is 14.1. The lowest BCUT2D eigenvalue weighted by Gasteiger charge is -2.20. The van der Waals surface area contributed by atoms with E-state index in [9.17, 15) is 10.1 Å². The molecule has 0 aliphatic rings. The normalized spacial score (nSPS) is 11.9. The van der Waals surface area contributed by atoms with Gasteiger partial charge in [0.05, 0.1) is 23.5 Å². The van der Waals surface area contributed by atoms with Gasteiger partial charge >= 0.3 is 0 Å². The molecule has 2 aromatic carbocycles. The molecule has 0 saturated carbocycles. The summed E-state index contributed by atoms with van der Waals surface area (Å²) in [5.41, 5.74) is 2.04. The van der Waals surface area contributed by atoms with Crippen LogP contribution in [0.1, 0.15) is 24.9 Å². The average molecular weight is 337 g/mol. The Hall–Kier alpha value is -3.15. The largest absolute Gasteiger partial charge is 0.497 e. The van der Waals surface area contributed by atoms with E-state index in [0.717, 1.165) is 28.8 Å². The van der Waals surface area contributed by atoms with E-state index >= 15 is 0 Å². The highest BCUT2D eigenvalue weighted by atomic mass is 16.6. The summed E-state index contributed by atoms with van der Waals surface area (Å²) in [7, 11) is 1.64. The first kappa shape index (κ1) is 16.7. The van der Waals surface area contributed by atoms with Crippen LogP contribution in [-0.2, 0) is 0 Å². The van der Waals surface area contributed by atoms with Crippen LogP contribution in [0.5, 0.6) is 5.75 Å². The number of hydrogen-bond acceptors (Lipinski definition) is 5. The van der Waals surface area contributed by atoms with Gasteiger partial charge in [-0.25, -0.2) is 0 Å². The summed E-state index contributed by atoms with van der Waals surface area (Å²) in [5, 5.41) is 16.1. The van der Waals surface area contributed by atoms with Crippen LogP contribution in [0.15, 0.2) is 54.9 Å². The molecule has 3 rings (SSSR count). The molecule has 3 aromatic rings. The molecule has 0 saturated heterocycles. The minimum Gasteiger partial charge on any atom is -0.497 e. The molecule has 0 radical (unpaired) electrons. The molecule has 1 N–H and O–H groups in total. The fraction of sp³-hybridized carbons (Fsp3) is 0.211. The second kappa shape index (κ2) is 7.17. The van der Waals surface area contributed by atoms with Crippen LogP contribution in [0, 0.1) is 10.1 Å². The summed E-state index contributed by atoms with van der Waals surface area (Å²) >= 11 is 0. The van der Waals surface area contributed by atoms with Gasteiger partial charge in [0, 0.05) is 29.5 Å². The Labute approximate surface area is 145 Å². The SMILES string of the molecule is CCC(Nc1ccc([N+](=O)[O-])c2cnccc12)c1ccc(OC)cc1. The Balaban J connectivity index is 1.98. The highest BCUT2D eigenvalue weighted by molar-refractivity contribution is 5.99. The number of benzene rings is 2. The minimum atomic E-state index is -0.380. The van der Waals surface area contributed by atoms with E-state index < -0.39 is 0 Å². The predicted octanol–water partition coefficient (Wildman–Crippen LogP) is 4.71. The number of nitro groups is 1. The van der Waals surface area contributed by atoms with Crippen molar-refractivity contribution in [3.05, 3.63) is 70.5 Å². The van der Waals surface area contributed by atoms with E-state index in [0.29, 0.717) is 5.39 Å². The topological polar surface area (TPSA) is 77.3 Å². The standard InChI is InChI=1S/C19H19N3O3/c1-3-17(13-4-6-14(25-2)7-5-13)21-18-8-9-19(22(23)24)16-12-20-11-10-15(16)18/h4-12,17,21H,3H2,1-2H3. The molecule has 0 spiro atoms. The number of hydrogen-bond donors (Lipinski definition) is 1. The molecule has 6 nitrogen and oxygen atoms in total. The number of nitrogens with zero attached hydrogens (tertiary/aromatic N) is 2. The van der Waals surface area contributed by atoms with Crippen molar-refractivity contribution in [3.8, 4) is 5.75 Å². The van der Waals surface area contributed by atoms with E-state index in [1.54, 1.807) is 25.4 Å². The summed E-state index contributed by atoms with van der Waals surface area (Å²) < 4.78 is 5.20. The van der Waals surface area contributed by atoms with Crippen molar-refractivity contribution in [1.82, 2.24) is 4.98 Å². The van der Waals surface area contributed by atoms with Crippen LogP contribution in [-0.4, -0.2) is 17.0 Å². The van der Waals surface area contributed by atoms with Crippen LogP contribution >= 0.6 is 0 Å². The summed E-state index contributed by atoms with van der Waals surface area (Å²) in [6.45, 7) is 2.09. The summed E-state index contributed by atoms with van der Waals surface area (Å²) in [6, 6.07) is 13.1. The van der Waals surface area contributed by atoms with Gasteiger partial charge in [0.15, 0.2) is 0 Å². The molecule has 1 heterocycles. The van der Waals surface area contributed by atoms with Gasteiger partial charge in [0.25, 0.3) is 5.69 Å². The molecule has 1 aromatic heterocycles. The number of pyridine rings is 1. The number of nitro benzene ring substituents is 1. The van der Waals surface area contributed by atoms with Gasteiger partial charge in [-0.05, 0) is 36.2 Å². The van der Waals surface area contributed by atoms with Crippen LogP contribution < -0.4 is 10.1 Å². The highest BCUT2D eigenvalue weighted by Crippen LogP contribution is 2.33. The van der Waals surface area contributed by atoms with E-state index in [2.05, 4.69) is 17.2 Å². The molecule has 25 heavy (non-hydrogen) atoms. The van der Waals surface area contributed by atoms with E-state index in [1.807, 2.05) is 24.3 Å². The first-order valence-electron chi connectivity index (χ1n) is 8.05. The van der Waals surface area contributed by atoms with Crippen LogP contribution in [0.25, 0.3) is 10.8 Å². The molecule has 0 fully saturated rings. The van der Waals surface area contributed by atoms with Crippen molar-refractivity contribution in [2.24, 2.45) is 0 Å². The van der Waals surface area contributed by atoms with E-state index in [4.69, 9.17) is 4.74 Å². The maximum atomic E-state index is 11.2. The number of fused-ring (bicyclic) bond motifs is 1. The number of non-ortho nitro benzene ring substituents is 1. The summed E-state index contributed by atoms with van der Waals surface area (Å²) in [4.78, 5) is 14.9. The lowest BCUT2D eigenvalue weighted by molar-refractivity contribution is -0.383. The predicted molar refractivity (Wildman–Crippen MR) is 98.0 cm³/mol. The smallest absolute Gasteiger partial charge is 0.278 e. The average Bonchev–Trinajstić information content (AvgIpc) is 2.66. The monoisotopic (exact) mass is 337 g/mol. The van der Waals surface area contributed by atoms with Gasteiger partial charge in [-0.2, -0.15) is 0 Å². The van der Waals surface area contributed by atoms with Crippen molar-refractivity contribution in [3.63, 3.8) is 0 Å². The Morgan fingerprint density at radius 2 is 1.92 bits per heavy atom. The second-order valence-electron chi connectivity index (χ2n) is 5.69. The van der Waals surface area contributed by atoms with Crippen molar-refractivity contribution < 1.29 is 9.66 Å². The second-order valence-corrected chi connectivity index (χ2v) is 5.69. The first-order chi connectivity index (χ1) is 12.1. The Kier molecular flexibility index (Phi) is 4.79. The number of rotatable bonds is 6. The molecule has 6 heteroatoms. The maximum absolute atomic E-state index is 11.2. The number of ether oxygens (including phenoxy) is 1. The quantitative estimate of drug-likeness (QED) is 0.520. The third-order valence-electron chi connectivity index (χ3n) is 4.25. The van der Waals surface area contributed by atoms with Crippen LogP contribution in [0.2, 0.25) is 0 Å². The number of methoxy groups -OCH3 is 1. The first-order valence-corrected chi connectivity index (χ1v) is 8.05. The lowest BCUT2D eigenvalue weighted by atomic mass is 10.0. The molecular formula is C19H19N3O3. The number of anilines is 1. The van der Waals surface area contributed by atoms with Gasteiger partial charge in [0.1, 0.15) is 5.75 Å². The summed E-state index contributed by atoms with van der Waals surface area (Å²) in [6.07, 6.45) is 4.05. The van der Waals surface area contributed by atoms with Gasteiger partial charge in [0.2, 0.25) is 0 Å². The molecule has 0 amide bonds. The third-order valence-corrected chi connectivity index (χ3v) is 4.25. The van der Waals surface area contributed by atoms with Crippen molar-refractivity contribution in [1.29, 1.82) is 0 Å². The minimum absolute atomic E-state index is 0.0612. The van der Waals surface area contributed by atoms with E-state index in [-0.39, 0.29) is 16.7 Å². The molecule has 0 aliphatic heterocycles. The fourth-order valence-electron chi connectivity index (χ4n) is 2.91. The Bertz CT molecular complexity index is 894. The van der Waals surface area contributed by atoms with Crippen molar-refractivity contribution in [2.75, 3.05) is 12.4 Å². The summed E-state index contributed by atoms with van der Waals surface area (Å²) in [5.74, 6) is 0.811. The molecule has 1 unspecified atom stereocenters. The third kappa shape index (κ3) is 3.38. The van der Waals surface area contributed by atoms with Gasteiger partial charge in [-0.15, -0.1) is 0 Å². The van der Waals surface area contributed by atoms with Gasteiger partial charge in [-0.1, -0.05) is 19.1 Å². The Morgan fingerprint density at radius 3 is 2.56 bits per heavy atom.